The van der Waals surface area contributed by atoms with Crippen molar-refractivity contribution in [1.82, 2.24) is 5.32 Å². The molecule has 0 amide bonds. The zero-order valence-corrected chi connectivity index (χ0v) is 12.6. The first-order chi connectivity index (χ1) is 10.6. The first kappa shape index (κ1) is 16.3. The lowest BCUT2D eigenvalue weighted by molar-refractivity contribution is -0.0514. The second-order valence-electron chi connectivity index (χ2n) is 4.71. The fraction of sp³-hybridized carbons (Fsp3) is 0.375. The van der Waals surface area contributed by atoms with Crippen molar-refractivity contribution in [3.05, 3.63) is 47.4 Å². The number of aryl methyl sites for hydroxylation is 1. The number of ether oxygens (including phenoxy) is 2. The molecule has 0 saturated heterocycles. The zero-order valence-electron chi connectivity index (χ0n) is 12.6. The molecular formula is C16H19F2NO3. The quantitative estimate of drug-likeness (QED) is 0.803. The van der Waals surface area contributed by atoms with E-state index in [1.54, 1.807) is 19.1 Å². The first-order valence-corrected chi connectivity index (χ1v) is 7.05. The Morgan fingerprint density at radius 1 is 1.14 bits per heavy atom. The third-order valence-corrected chi connectivity index (χ3v) is 2.95. The number of hydrogen-bond acceptors (Lipinski definition) is 4. The molecule has 0 aliphatic rings. The van der Waals surface area contributed by atoms with E-state index in [-0.39, 0.29) is 5.75 Å². The second kappa shape index (κ2) is 7.79. The van der Waals surface area contributed by atoms with Crippen molar-refractivity contribution in [1.29, 1.82) is 0 Å². The van der Waals surface area contributed by atoms with Gasteiger partial charge in [0.25, 0.3) is 0 Å². The number of benzene rings is 1. The smallest absolute Gasteiger partial charge is 0.387 e. The normalized spacial score (nSPS) is 11.0. The molecule has 0 aliphatic carbocycles. The number of furan rings is 1. The third kappa shape index (κ3) is 4.73. The maximum atomic E-state index is 12.3. The molecule has 0 atom stereocenters. The lowest BCUT2D eigenvalue weighted by Gasteiger charge is -2.13. The van der Waals surface area contributed by atoms with Crippen LogP contribution in [0.1, 0.15) is 24.0 Å². The summed E-state index contributed by atoms with van der Waals surface area (Å²) < 4.78 is 39.9. The molecule has 120 valence electrons. The van der Waals surface area contributed by atoms with Crippen molar-refractivity contribution in [2.45, 2.75) is 33.5 Å². The van der Waals surface area contributed by atoms with E-state index >= 15 is 0 Å². The summed E-state index contributed by atoms with van der Waals surface area (Å²) in [7, 11) is 0. The highest BCUT2D eigenvalue weighted by Gasteiger charge is 2.11. The number of nitrogens with one attached hydrogen (secondary N) is 1. The van der Waals surface area contributed by atoms with Crippen molar-refractivity contribution < 1.29 is 22.7 Å². The number of hydrogen-bond donors (Lipinski definition) is 1. The molecule has 0 aliphatic heterocycles. The van der Waals surface area contributed by atoms with Crippen molar-refractivity contribution in [3.63, 3.8) is 0 Å². The van der Waals surface area contributed by atoms with Crippen molar-refractivity contribution >= 4 is 0 Å². The standard InChI is InChI=1S/C16H19F2NO3/c1-3-20-15-8-12(5-7-14(15)22-16(17)18)9-19-10-13-6-4-11(2)21-13/h4-8,16,19H,3,9-10H2,1-2H3. The molecule has 2 rings (SSSR count). The van der Waals surface area contributed by atoms with Gasteiger partial charge in [0.2, 0.25) is 0 Å². The summed E-state index contributed by atoms with van der Waals surface area (Å²) in [5.41, 5.74) is 0.911. The molecule has 6 heteroatoms. The van der Waals surface area contributed by atoms with Gasteiger partial charge in [0.05, 0.1) is 13.2 Å². The largest absolute Gasteiger partial charge is 0.490 e. The Bertz CT molecular complexity index is 599. The summed E-state index contributed by atoms with van der Waals surface area (Å²) in [6, 6.07) is 8.72. The van der Waals surface area contributed by atoms with E-state index in [9.17, 15) is 8.78 Å². The molecule has 4 nitrogen and oxygen atoms in total. The number of halogens is 2. The Morgan fingerprint density at radius 2 is 1.95 bits per heavy atom. The highest BCUT2D eigenvalue weighted by atomic mass is 19.3. The van der Waals surface area contributed by atoms with Crippen LogP contribution in [0, 0.1) is 6.92 Å². The Kier molecular flexibility index (Phi) is 5.77. The van der Waals surface area contributed by atoms with Crippen LogP contribution in [0.15, 0.2) is 34.7 Å². The van der Waals surface area contributed by atoms with E-state index in [0.717, 1.165) is 17.1 Å². The van der Waals surface area contributed by atoms with Gasteiger partial charge in [-0.15, -0.1) is 0 Å². The molecule has 0 fully saturated rings. The van der Waals surface area contributed by atoms with E-state index in [1.807, 2.05) is 19.1 Å². The summed E-state index contributed by atoms with van der Waals surface area (Å²) in [6.07, 6.45) is 0. The van der Waals surface area contributed by atoms with Gasteiger partial charge in [0.1, 0.15) is 11.5 Å². The van der Waals surface area contributed by atoms with Crippen LogP contribution in [0.2, 0.25) is 0 Å². The molecule has 1 aromatic carbocycles. The van der Waals surface area contributed by atoms with Crippen molar-refractivity contribution in [2.24, 2.45) is 0 Å². The van der Waals surface area contributed by atoms with Gasteiger partial charge >= 0.3 is 6.61 Å². The van der Waals surface area contributed by atoms with Gasteiger partial charge in [-0.25, -0.2) is 0 Å². The molecular weight excluding hydrogens is 292 g/mol. The fourth-order valence-electron chi connectivity index (χ4n) is 2.03. The van der Waals surface area contributed by atoms with Gasteiger partial charge in [-0.05, 0) is 43.7 Å². The van der Waals surface area contributed by atoms with Gasteiger partial charge in [0.15, 0.2) is 11.5 Å². The minimum Gasteiger partial charge on any atom is -0.490 e. The van der Waals surface area contributed by atoms with Gasteiger partial charge in [-0.3, -0.25) is 0 Å². The Balaban J connectivity index is 1.96. The molecule has 1 aromatic heterocycles. The predicted molar refractivity (Wildman–Crippen MR) is 78.2 cm³/mol. The highest BCUT2D eigenvalue weighted by molar-refractivity contribution is 5.43. The second-order valence-corrected chi connectivity index (χ2v) is 4.71. The molecule has 22 heavy (non-hydrogen) atoms. The number of alkyl halides is 2. The van der Waals surface area contributed by atoms with Crippen LogP contribution >= 0.6 is 0 Å². The molecule has 0 bridgehead atoms. The molecule has 1 N–H and O–H groups in total. The van der Waals surface area contributed by atoms with Crippen molar-refractivity contribution in [2.75, 3.05) is 6.61 Å². The van der Waals surface area contributed by atoms with Gasteiger partial charge in [0, 0.05) is 6.54 Å². The molecule has 0 saturated carbocycles. The average molecular weight is 311 g/mol. The molecule has 1 heterocycles. The fourth-order valence-corrected chi connectivity index (χ4v) is 2.03. The van der Waals surface area contributed by atoms with E-state index in [2.05, 4.69) is 10.1 Å². The van der Waals surface area contributed by atoms with Crippen molar-refractivity contribution in [3.8, 4) is 11.5 Å². The Hall–Kier alpha value is -2.08. The zero-order chi connectivity index (χ0) is 15.9. The van der Waals surface area contributed by atoms with Crippen LogP contribution in [0.5, 0.6) is 11.5 Å². The average Bonchev–Trinajstić information content (AvgIpc) is 2.87. The van der Waals surface area contributed by atoms with Crippen LogP contribution in [-0.2, 0) is 13.1 Å². The lowest BCUT2D eigenvalue weighted by atomic mass is 10.2. The first-order valence-electron chi connectivity index (χ1n) is 7.05. The number of rotatable bonds is 8. The van der Waals surface area contributed by atoms with E-state index in [4.69, 9.17) is 9.15 Å². The highest BCUT2D eigenvalue weighted by Crippen LogP contribution is 2.29. The summed E-state index contributed by atoms with van der Waals surface area (Å²) in [5.74, 6) is 2.07. The van der Waals surface area contributed by atoms with Crippen LogP contribution in [0.3, 0.4) is 0 Å². The maximum Gasteiger partial charge on any atom is 0.387 e. The third-order valence-electron chi connectivity index (χ3n) is 2.95. The summed E-state index contributed by atoms with van der Waals surface area (Å²) in [6.45, 7) is 2.34. The van der Waals surface area contributed by atoms with Crippen LogP contribution < -0.4 is 14.8 Å². The lowest BCUT2D eigenvalue weighted by Crippen LogP contribution is -2.12. The maximum absolute atomic E-state index is 12.3. The molecule has 0 spiro atoms. The monoisotopic (exact) mass is 311 g/mol. The van der Waals surface area contributed by atoms with Crippen LogP contribution in [-0.4, -0.2) is 13.2 Å². The summed E-state index contributed by atoms with van der Waals surface area (Å²) in [5, 5.41) is 3.22. The molecule has 0 unspecified atom stereocenters. The predicted octanol–water partition coefficient (Wildman–Crippen LogP) is 3.88. The minimum absolute atomic E-state index is 0.0438. The van der Waals surface area contributed by atoms with Crippen LogP contribution in [0.25, 0.3) is 0 Å². The Morgan fingerprint density at radius 3 is 2.59 bits per heavy atom. The minimum atomic E-state index is -2.87. The SMILES string of the molecule is CCOc1cc(CNCc2ccc(C)o2)ccc1OC(F)F. The van der Waals surface area contributed by atoms with Gasteiger partial charge in [-0.1, -0.05) is 6.07 Å². The topological polar surface area (TPSA) is 43.6 Å². The summed E-state index contributed by atoms with van der Waals surface area (Å²) in [4.78, 5) is 0. The van der Waals surface area contributed by atoms with E-state index in [1.165, 1.54) is 6.07 Å². The Labute approximate surface area is 128 Å². The molecule has 0 radical (unpaired) electrons. The summed E-state index contributed by atoms with van der Waals surface area (Å²) >= 11 is 0. The molecule has 2 aromatic rings. The van der Waals surface area contributed by atoms with E-state index < -0.39 is 6.61 Å². The van der Waals surface area contributed by atoms with Crippen LogP contribution in [0.4, 0.5) is 8.78 Å². The van der Waals surface area contributed by atoms with Gasteiger partial charge in [-0.2, -0.15) is 8.78 Å². The van der Waals surface area contributed by atoms with E-state index in [0.29, 0.717) is 25.4 Å². The van der Waals surface area contributed by atoms with Gasteiger partial charge < -0.3 is 19.2 Å².